The molecule has 1 N–H and O–H groups in total. The van der Waals surface area contributed by atoms with Gasteiger partial charge in [0.25, 0.3) is 5.17 Å². The smallest absolute Gasteiger partial charge is 0.260 e. The Morgan fingerprint density at radius 2 is 1.86 bits per heavy atom. The molecule has 116 valence electrons. The zero-order valence-electron chi connectivity index (χ0n) is 12.8. The lowest BCUT2D eigenvalue weighted by Gasteiger charge is -2.14. The second-order valence-electron chi connectivity index (χ2n) is 4.93. The van der Waals surface area contributed by atoms with Crippen LogP contribution in [-0.2, 0) is 11.3 Å². The van der Waals surface area contributed by atoms with Gasteiger partial charge in [-0.05, 0) is 71.3 Å². The van der Waals surface area contributed by atoms with Crippen molar-refractivity contribution in [1.29, 1.82) is 0 Å². The lowest BCUT2D eigenvalue weighted by atomic mass is 10.1. The fourth-order valence-electron chi connectivity index (χ4n) is 1.95. The third-order valence-corrected chi connectivity index (χ3v) is 4.26. The van der Waals surface area contributed by atoms with Crippen LogP contribution < -0.4 is 10.1 Å². The fourth-order valence-corrected chi connectivity index (χ4v) is 2.63. The van der Waals surface area contributed by atoms with Crippen LogP contribution in [0.4, 0.5) is 5.69 Å². The Balaban J connectivity index is 2.15. The number of nitrogens with one attached hydrogen (secondary N) is 1. The summed E-state index contributed by atoms with van der Waals surface area (Å²) in [5.41, 5.74) is 4.32. The summed E-state index contributed by atoms with van der Waals surface area (Å²) in [4.78, 5) is 0. The molecule has 0 saturated carbocycles. The molecule has 0 saturated heterocycles. The average Bonchev–Trinajstić information content (AvgIpc) is 2.50. The summed E-state index contributed by atoms with van der Waals surface area (Å²) in [6.07, 6.45) is 0. The predicted octanol–water partition coefficient (Wildman–Crippen LogP) is 4.99. The minimum absolute atomic E-state index is 0.333. The summed E-state index contributed by atoms with van der Waals surface area (Å²) >= 11 is 8.59. The number of anilines is 1. The Morgan fingerprint density at radius 1 is 1.18 bits per heavy atom. The number of rotatable bonds is 4. The molecular weight excluding hydrogens is 362 g/mol. The molecule has 0 aliphatic carbocycles. The van der Waals surface area contributed by atoms with Crippen molar-refractivity contribution in [3.05, 3.63) is 57.6 Å². The largest absolute Gasteiger partial charge is 0.488 e. The van der Waals surface area contributed by atoms with Crippen LogP contribution in [0.1, 0.15) is 16.7 Å². The highest BCUT2D eigenvalue weighted by Gasteiger charge is 2.08. The summed E-state index contributed by atoms with van der Waals surface area (Å²) in [6, 6.07) is 11.9. The quantitative estimate of drug-likeness (QED) is 0.758. The Kier molecular flexibility index (Phi) is 5.80. The van der Waals surface area contributed by atoms with Gasteiger partial charge in [0.15, 0.2) is 0 Å². The highest BCUT2D eigenvalue weighted by atomic mass is 79.9. The summed E-state index contributed by atoms with van der Waals surface area (Å²) in [6.45, 7) is 4.59. The van der Waals surface area contributed by atoms with Gasteiger partial charge in [0, 0.05) is 11.3 Å². The molecule has 3 nitrogen and oxygen atoms in total. The third-order valence-electron chi connectivity index (χ3n) is 3.37. The maximum absolute atomic E-state index is 5.94. The van der Waals surface area contributed by atoms with E-state index in [0.717, 1.165) is 21.5 Å². The van der Waals surface area contributed by atoms with Crippen LogP contribution >= 0.6 is 28.1 Å². The molecular formula is C17H18BrNO2S. The van der Waals surface area contributed by atoms with E-state index in [1.807, 2.05) is 30.3 Å². The van der Waals surface area contributed by atoms with Crippen LogP contribution in [0.25, 0.3) is 0 Å². The lowest BCUT2D eigenvalue weighted by molar-refractivity contribution is 0.304. The molecule has 0 fully saturated rings. The summed E-state index contributed by atoms with van der Waals surface area (Å²) in [7, 11) is 1.54. The van der Waals surface area contributed by atoms with E-state index < -0.39 is 0 Å². The van der Waals surface area contributed by atoms with Crippen molar-refractivity contribution >= 4 is 39.0 Å². The molecule has 0 amide bonds. The van der Waals surface area contributed by atoms with Crippen molar-refractivity contribution in [1.82, 2.24) is 0 Å². The van der Waals surface area contributed by atoms with Gasteiger partial charge in [0.1, 0.15) is 12.4 Å². The van der Waals surface area contributed by atoms with E-state index in [0.29, 0.717) is 11.8 Å². The monoisotopic (exact) mass is 379 g/mol. The number of hydrogen-bond acceptors (Lipinski definition) is 3. The Labute approximate surface area is 144 Å². The fraction of sp³-hybridized carbons (Fsp3) is 0.235. The van der Waals surface area contributed by atoms with Crippen LogP contribution in [0.5, 0.6) is 5.75 Å². The highest BCUT2D eigenvalue weighted by molar-refractivity contribution is 9.10. The zero-order chi connectivity index (χ0) is 16.1. The molecule has 22 heavy (non-hydrogen) atoms. The number of ether oxygens (including phenoxy) is 2. The summed E-state index contributed by atoms with van der Waals surface area (Å²) < 4.78 is 11.9. The Bertz CT molecular complexity index is 688. The van der Waals surface area contributed by atoms with Crippen LogP contribution in [0.2, 0.25) is 0 Å². The molecule has 0 radical (unpaired) electrons. The predicted molar refractivity (Wildman–Crippen MR) is 97.6 cm³/mol. The van der Waals surface area contributed by atoms with Crippen molar-refractivity contribution in [2.75, 3.05) is 12.4 Å². The van der Waals surface area contributed by atoms with E-state index in [1.165, 1.54) is 11.1 Å². The second-order valence-corrected chi connectivity index (χ2v) is 6.15. The summed E-state index contributed by atoms with van der Waals surface area (Å²) in [5.74, 6) is 0.826. The number of hydrogen-bond donors (Lipinski definition) is 1. The van der Waals surface area contributed by atoms with Gasteiger partial charge >= 0.3 is 0 Å². The Morgan fingerprint density at radius 3 is 2.59 bits per heavy atom. The van der Waals surface area contributed by atoms with Crippen LogP contribution in [-0.4, -0.2) is 12.3 Å². The first kappa shape index (κ1) is 16.8. The van der Waals surface area contributed by atoms with Gasteiger partial charge in [-0.25, -0.2) is 0 Å². The molecule has 0 aliphatic heterocycles. The first-order chi connectivity index (χ1) is 10.5. The van der Waals surface area contributed by atoms with Crippen LogP contribution in [0, 0.1) is 13.8 Å². The van der Waals surface area contributed by atoms with Gasteiger partial charge in [-0.3, -0.25) is 0 Å². The van der Waals surface area contributed by atoms with E-state index in [1.54, 1.807) is 7.11 Å². The second kappa shape index (κ2) is 7.61. The minimum atomic E-state index is 0.333. The Hall–Kier alpha value is -1.59. The molecule has 2 aromatic carbocycles. The molecule has 0 aliphatic rings. The van der Waals surface area contributed by atoms with E-state index in [2.05, 4.69) is 41.2 Å². The molecule has 0 atom stereocenters. The van der Waals surface area contributed by atoms with Gasteiger partial charge in [-0.1, -0.05) is 18.2 Å². The normalized spacial score (nSPS) is 10.2. The maximum Gasteiger partial charge on any atom is 0.260 e. The number of thiocarbonyl (C=S) groups is 1. The summed E-state index contributed by atoms with van der Waals surface area (Å²) in [5, 5.41) is 3.38. The van der Waals surface area contributed by atoms with E-state index in [-0.39, 0.29) is 0 Å². The molecule has 0 bridgehead atoms. The van der Waals surface area contributed by atoms with Crippen molar-refractivity contribution in [3.63, 3.8) is 0 Å². The minimum Gasteiger partial charge on any atom is -0.488 e. The average molecular weight is 380 g/mol. The van der Waals surface area contributed by atoms with Gasteiger partial charge < -0.3 is 14.8 Å². The molecule has 0 heterocycles. The third kappa shape index (κ3) is 4.21. The van der Waals surface area contributed by atoms with Crippen molar-refractivity contribution < 1.29 is 9.47 Å². The number of halogens is 1. The molecule has 0 unspecified atom stereocenters. The molecule has 0 aromatic heterocycles. The van der Waals surface area contributed by atoms with E-state index in [9.17, 15) is 0 Å². The molecule has 5 heteroatoms. The number of para-hydroxylation sites is 1. The van der Waals surface area contributed by atoms with E-state index >= 15 is 0 Å². The topological polar surface area (TPSA) is 30.5 Å². The van der Waals surface area contributed by atoms with E-state index in [4.69, 9.17) is 21.7 Å². The van der Waals surface area contributed by atoms with Gasteiger partial charge in [-0.15, -0.1) is 0 Å². The van der Waals surface area contributed by atoms with Gasteiger partial charge in [0.2, 0.25) is 0 Å². The highest BCUT2D eigenvalue weighted by Crippen LogP contribution is 2.29. The standard InChI is InChI=1S/C17H18BrNO2S/c1-11-8-14(18)16(9-12(11)2)21-10-13-6-4-5-7-15(13)19-17(22)20-3/h4-9H,10H2,1-3H3,(H,19,22). The zero-order valence-corrected chi connectivity index (χ0v) is 15.2. The van der Waals surface area contributed by atoms with Crippen LogP contribution in [0.15, 0.2) is 40.9 Å². The van der Waals surface area contributed by atoms with Gasteiger partial charge in [0.05, 0.1) is 11.6 Å². The first-order valence-corrected chi connectivity index (χ1v) is 8.04. The number of aryl methyl sites for hydroxylation is 2. The molecule has 0 spiro atoms. The number of methoxy groups -OCH3 is 1. The molecule has 2 rings (SSSR count). The maximum atomic E-state index is 5.94. The SMILES string of the molecule is COC(=S)Nc1ccccc1COc1cc(C)c(C)cc1Br. The van der Waals surface area contributed by atoms with Crippen LogP contribution in [0.3, 0.4) is 0 Å². The van der Waals surface area contributed by atoms with Crippen molar-refractivity contribution in [2.45, 2.75) is 20.5 Å². The first-order valence-electron chi connectivity index (χ1n) is 6.83. The number of benzene rings is 2. The molecule has 2 aromatic rings. The van der Waals surface area contributed by atoms with Gasteiger partial charge in [-0.2, -0.15) is 0 Å². The van der Waals surface area contributed by atoms with Crippen molar-refractivity contribution in [3.8, 4) is 5.75 Å². The lowest BCUT2D eigenvalue weighted by Crippen LogP contribution is -2.12. The van der Waals surface area contributed by atoms with Crippen molar-refractivity contribution in [2.24, 2.45) is 0 Å².